The van der Waals surface area contributed by atoms with E-state index in [4.69, 9.17) is 0 Å². The molecule has 0 aliphatic carbocycles. The average molecular weight is 371 g/mol. The highest BCUT2D eigenvalue weighted by Gasteiger charge is 2.20. The Bertz CT molecular complexity index is 711. The molecule has 3 rings (SSSR count). The number of nitrogens with zero attached hydrogens (tertiary/aromatic N) is 3. The second-order valence-electron chi connectivity index (χ2n) is 7.02. The minimum Gasteiger partial charge on any atom is -0.355 e. The molecular weight excluding hydrogens is 340 g/mol. The first-order valence-corrected chi connectivity index (χ1v) is 10.3. The van der Waals surface area contributed by atoms with E-state index in [0.717, 1.165) is 45.0 Å². The summed E-state index contributed by atoms with van der Waals surface area (Å²) in [5.74, 6) is 0.978. The smallest absolute Gasteiger partial charge is 0.193 e. The van der Waals surface area contributed by atoms with E-state index in [-0.39, 0.29) is 0 Å². The van der Waals surface area contributed by atoms with Crippen LogP contribution in [-0.2, 0) is 19.4 Å². The molecule has 1 aliphatic rings. The van der Waals surface area contributed by atoms with Gasteiger partial charge in [0, 0.05) is 51.2 Å². The summed E-state index contributed by atoms with van der Waals surface area (Å²) in [5, 5.41) is 5.70. The van der Waals surface area contributed by atoms with Crippen molar-refractivity contribution in [1.29, 1.82) is 0 Å². The van der Waals surface area contributed by atoms with Gasteiger partial charge in [-0.2, -0.15) is 0 Å². The molecule has 0 saturated carbocycles. The van der Waals surface area contributed by atoms with Crippen LogP contribution in [0.15, 0.2) is 46.8 Å². The molecule has 1 aliphatic heterocycles. The molecule has 0 spiro atoms. The minimum absolute atomic E-state index is 0.478. The van der Waals surface area contributed by atoms with E-state index in [0.29, 0.717) is 6.04 Å². The number of thiophene rings is 1. The van der Waals surface area contributed by atoms with Gasteiger partial charge in [0.25, 0.3) is 0 Å². The van der Waals surface area contributed by atoms with Crippen molar-refractivity contribution in [1.82, 2.24) is 15.1 Å². The Morgan fingerprint density at radius 2 is 2.08 bits per heavy atom. The largest absolute Gasteiger partial charge is 0.355 e. The van der Waals surface area contributed by atoms with Gasteiger partial charge in [0.2, 0.25) is 0 Å². The summed E-state index contributed by atoms with van der Waals surface area (Å²) in [4.78, 5) is 10.7. The van der Waals surface area contributed by atoms with Crippen molar-refractivity contribution in [3.63, 3.8) is 0 Å². The lowest BCUT2D eigenvalue weighted by atomic mass is 9.99. The van der Waals surface area contributed by atoms with Crippen LogP contribution in [0.5, 0.6) is 0 Å². The third-order valence-corrected chi connectivity index (χ3v) is 6.12. The number of hydrogen-bond acceptors (Lipinski definition) is 3. The predicted molar refractivity (Wildman–Crippen MR) is 112 cm³/mol. The summed E-state index contributed by atoms with van der Waals surface area (Å²) in [6.45, 7) is 6.38. The van der Waals surface area contributed by atoms with E-state index in [1.165, 1.54) is 16.0 Å². The normalized spacial score (nSPS) is 16.2. The van der Waals surface area contributed by atoms with E-state index in [1.807, 2.05) is 18.4 Å². The molecule has 26 heavy (non-hydrogen) atoms. The molecule has 1 aromatic carbocycles. The second kappa shape index (κ2) is 9.19. The summed E-state index contributed by atoms with van der Waals surface area (Å²) in [6, 6.07) is 13.6. The predicted octanol–water partition coefficient (Wildman–Crippen LogP) is 3.24. The lowest BCUT2D eigenvalue weighted by molar-refractivity contribution is 0.190. The van der Waals surface area contributed by atoms with Crippen LogP contribution in [0.1, 0.15) is 22.9 Å². The first-order valence-electron chi connectivity index (χ1n) is 9.42. The maximum absolute atomic E-state index is 4.46. The SMILES string of the molecule is CN=C(NCC(C)N1CCc2ccccc2C1)N(C)CCc1cccs1. The lowest BCUT2D eigenvalue weighted by Gasteiger charge is -2.34. The maximum atomic E-state index is 4.46. The Kier molecular flexibility index (Phi) is 6.69. The van der Waals surface area contributed by atoms with Crippen LogP contribution in [0.4, 0.5) is 0 Å². The summed E-state index contributed by atoms with van der Waals surface area (Å²) in [5.41, 5.74) is 2.98. The van der Waals surface area contributed by atoms with Crippen molar-refractivity contribution >= 4 is 17.3 Å². The van der Waals surface area contributed by atoms with Crippen molar-refractivity contribution in [2.45, 2.75) is 32.4 Å². The van der Waals surface area contributed by atoms with Gasteiger partial charge in [0.1, 0.15) is 0 Å². The van der Waals surface area contributed by atoms with Gasteiger partial charge < -0.3 is 10.2 Å². The molecule has 1 N–H and O–H groups in total. The van der Waals surface area contributed by atoms with Crippen LogP contribution in [0, 0.1) is 0 Å². The maximum Gasteiger partial charge on any atom is 0.193 e. The third-order valence-electron chi connectivity index (χ3n) is 5.19. The summed E-state index contributed by atoms with van der Waals surface area (Å²) >= 11 is 1.82. The monoisotopic (exact) mass is 370 g/mol. The molecular formula is C21H30N4S. The van der Waals surface area contributed by atoms with E-state index in [1.54, 1.807) is 0 Å². The molecule has 0 radical (unpaired) electrons. The molecule has 2 heterocycles. The Morgan fingerprint density at radius 3 is 2.81 bits per heavy atom. The van der Waals surface area contributed by atoms with Crippen molar-refractivity contribution in [3.05, 3.63) is 57.8 Å². The zero-order chi connectivity index (χ0) is 18.4. The molecule has 0 saturated heterocycles. The summed E-state index contributed by atoms with van der Waals surface area (Å²) in [6.07, 6.45) is 2.21. The fraction of sp³-hybridized carbons (Fsp3) is 0.476. The van der Waals surface area contributed by atoms with Crippen LogP contribution in [0.25, 0.3) is 0 Å². The number of fused-ring (bicyclic) bond motifs is 1. The number of aliphatic imine (C=N–C) groups is 1. The van der Waals surface area contributed by atoms with Gasteiger partial charge in [0.05, 0.1) is 0 Å². The molecule has 0 bridgehead atoms. The molecule has 0 fully saturated rings. The second-order valence-corrected chi connectivity index (χ2v) is 8.05. The minimum atomic E-state index is 0.478. The molecule has 1 aromatic heterocycles. The van der Waals surface area contributed by atoms with Crippen LogP contribution < -0.4 is 5.32 Å². The molecule has 1 atom stereocenters. The highest BCUT2D eigenvalue weighted by Crippen LogP contribution is 2.20. The third kappa shape index (κ3) is 4.86. The Labute approximate surface area is 161 Å². The van der Waals surface area contributed by atoms with Gasteiger partial charge >= 0.3 is 0 Å². The fourth-order valence-electron chi connectivity index (χ4n) is 3.49. The first-order chi connectivity index (χ1) is 12.7. The van der Waals surface area contributed by atoms with Crippen LogP contribution >= 0.6 is 11.3 Å². The van der Waals surface area contributed by atoms with Gasteiger partial charge in [-0.15, -0.1) is 11.3 Å². The van der Waals surface area contributed by atoms with Crippen molar-refractivity contribution in [2.75, 3.05) is 33.7 Å². The molecule has 2 aromatic rings. The number of benzene rings is 1. The molecule has 0 amide bonds. The Morgan fingerprint density at radius 1 is 1.27 bits per heavy atom. The van der Waals surface area contributed by atoms with Crippen molar-refractivity contribution < 1.29 is 0 Å². The van der Waals surface area contributed by atoms with Gasteiger partial charge in [0.15, 0.2) is 5.96 Å². The first kappa shape index (κ1) is 18.9. The lowest BCUT2D eigenvalue weighted by Crippen LogP contribution is -2.48. The highest BCUT2D eigenvalue weighted by atomic mass is 32.1. The van der Waals surface area contributed by atoms with E-state index >= 15 is 0 Å². The topological polar surface area (TPSA) is 30.9 Å². The van der Waals surface area contributed by atoms with E-state index in [9.17, 15) is 0 Å². The average Bonchev–Trinajstić information content (AvgIpc) is 3.20. The molecule has 5 heteroatoms. The van der Waals surface area contributed by atoms with Crippen LogP contribution in [0.3, 0.4) is 0 Å². The van der Waals surface area contributed by atoms with Crippen molar-refractivity contribution in [3.8, 4) is 0 Å². The van der Waals surface area contributed by atoms with Gasteiger partial charge in [-0.1, -0.05) is 30.3 Å². The van der Waals surface area contributed by atoms with Gasteiger partial charge in [-0.3, -0.25) is 9.89 Å². The Hall–Kier alpha value is -1.85. The number of hydrogen-bond donors (Lipinski definition) is 1. The van der Waals surface area contributed by atoms with Crippen LogP contribution in [0.2, 0.25) is 0 Å². The summed E-state index contributed by atoms with van der Waals surface area (Å²) < 4.78 is 0. The van der Waals surface area contributed by atoms with Gasteiger partial charge in [-0.05, 0) is 42.3 Å². The zero-order valence-corrected chi connectivity index (χ0v) is 16.9. The molecule has 4 nitrogen and oxygen atoms in total. The fourth-order valence-corrected chi connectivity index (χ4v) is 4.18. The Balaban J connectivity index is 1.47. The van der Waals surface area contributed by atoms with Gasteiger partial charge in [-0.25, -0.2) is 0 Å². The van der Waals surface area contributed by atoms with E-state index < -0.39 is 0 Å². The molecule has 1 unspecified atom stereocenters. The van der Waals surface area contributed by atoms with Crippen molar-refractivity contribution in [2.24, 2.45) is 4.99 Å². The number of rotatable bonds is 6. The number of guanidine groups is 1. The molecule has 140 valence electrons. The summed E-state index contributed by atoms with van der Waals surface area (Å²) in [7, 11) is 3.98. The quantitative estimate of drug-likeness (QED) is 0.626. The number of likely N-dealkylation sites (N-methyl/N-ethyl adjacent to an activating group) is 1. The van der Waals surface area contributed by atoms with Crippen LogP contribution in [-0.4, -0.2) is 55.5 Å². The zero-order valence-electron chi connectivity index (χ0n) is 16.1. The van der Waals surface area contributed by atoms with E-state index in [2.05, 4.69) is 75.9 Å². The standard InChI is InChI=1S/C21H30N4S/c1-17(25-13-10-18-7-4-5-8-19(18)16-25)15-23-21(22-2)24(3)12-11-20-9-6-14-26-20/h4-9,14,17H,10-13,15-16H2,1-3H3,(H,22,23). The highest BCUT2D eigenvalue weighted by molar-refractivity contribution is 7.09. The number of nitrogens with one attached hydrogen (secondary N) is 1.